The normalized spacial score (nSPS) is 16.9. The monoisotopic (exact) mass is 215 g/mol. The molecule has 0 spiro atoms. The molecule has 0 radical (unpaired) electrons. The fraction of sp³-hybridized carbons (Fsp3) is 0.727. The zero-order chi connectivity index (χ0) is 11.2. The van der Waals surface area contributed by atoms with Gasteiger partial charge in [-0.1, -0.05) is 17.4 Å². The highest BCUT2D eigenvalue weighted by Gasteiger charge is 2.25. The Hall–Kier alpha value is -0.280. The van der Waals surface area contributed by atoms with Crippen LogP contribution < -0.4 is 0 Å². The van der Waals surface area contributed by atoms with Gasteiger partial charge in [-0.25, -0.2) is 0 Å². The molecule has 0 aromatic carbocycles. The fourth-order valence-electron chi connectivity index (χ4n) is 0.773. The van der Waals surface area contributed by atoms with E-state index < -0.39 is 11.4 Å². The van der Waals surface area contributed by atoms with Gasteiger partial charge in [0.1, 0.15) is 16.1 Å². The molecule has 0 saturated carbocycles. The molecule has 3 heteroatoms. The first-order valence-electron chi connectivity index (χ1n) is 4.95. The van der Waals surface area contributed by atoms with Gasteiger partial charge in [-0.2, -0.15) is 0 Å². The molecule has 14 heavy (non-hydrogen) atoms. The summed E-state index contributed by atoms with van der Waals surface area (Å²) in [4.78, 5) is 0. The van der Waals surface area contributed by atoms with Crippen LogP contribution in [0.3, 0.4) is 0 Å². The maximum Gasteiger partial charge on any atom is 0.144 e. The van der Waals surface area contributed by atoms with Gasteiger partial charge >= 0.3 is 0 Å². The highest BCUT2D eigenvalue weighted by molar-refractivity contribution is 7.91. The van der Waals surface area contributed by atoms with Crippen molar-refractivity contribution in [2.75, 3.05) is 0 Å². The molecular formula is C11H21NOS. The lowest BCUT2D eigenvalue weighted by Gasteiger charge is -2.18. The Bertz CT molecular complexity index is 196. The Labute approximate surface area is 90.8 Å². The van der Waals surface area contributed by atoms with Crippen LogP contribution in [0.1, 0.15) is 40.5 Å². The molecule has 0 aliphatic heterocycles. The van der Waals surface area contributed by atoms with E-state index in [1.807, 2.05) is 26.8 Å². The lowest BCUT2D eigenvalue weighted by molar-refractivity contribution is 0.561. The van der Waals surface area contributed by atoms with Crippen LogP contribution in [-0.4, -0.2) is 15.5 Å². The van der Waals surface area contributed by atoms with Crippen LogP contribution in [0, 0.1) is 5.92 Å². The van der Waals surface area contributed by atoms with Crippen LogP contribution in [0.25, 0.3) is 0 Å². The first-order valence-corrected chi connectivity index (χ1v) is 6.05. The molecule has 0 N–H and O–H groups in total. The van der Waals surface area contributed by atoms with Gasteiger partial charge in [-0.15, -0.1) is 6.58 Å². The van der Waals surface area contributed by atoms with Gasteiger partial charge in [0.25, 0.3) is 0 Å². The molecule has 0 bridgehead atoms. The summed E-state index contributed by atoms with van der Waals surface area (Å²) >= 11 is -1.12. The van der Waals surface area contributed by atoms with E-state index in [0.29, 0.717) is 5.92 Å². The van der Waals surface area contributed by atoms with Crippen molar-refractivity contribution in [2.24, 2.45) is 10.3 Å². The Balaban J connectivity index is 3.97. The summed E-state index contributed by atoms with van der Waals surface area (Å²) in [6.07, 6.45) is 5.69. The zero-order valence-electron chi connectivity index (χ0n) is 9.62. The van der Waals surface area contributed by atoms with E-state index in [1.54, 1.807) is 6.21 Å². The summed E-state index contributed by atoms with van der Waals surface area (Å²) in [5, 5.41) is 0. The Morgan fingerprint density at radius 2 is 2.07 bits per heavy atom. The van der Waals surface area contributed by atoms with E-state index in [-0.39, 0.29) is 4.75 Å². The molecule has 0 saturated heterocycles. The van der Waals surface area contributed by atoms with Crippen molar-refractivity contribution in [3.63, 3.8) is 0 Å². The third kappa shape index (κ3) is 6.22. The summed E-state index contributed by atoms with van der Waals surface area (Å²) in [5.74, 6) is 0.374. The van der Waals surface area contributed by atoms with Crippen LogP contribution >= 0.6 is 0 Å². The second-order valence-electron chi connectivity index (χ2n) is 4.46. The predicted molar refractivity (Wildman–Crippen MR) is 65.0 cm³/mol. The van der Waals surface area contributed by atoms with E-state index in [9.17, 15) is 4.55 Å². The van der Waals surface area contributed by atoms with Gasteiger partial charge in [-0.3, -0.25) is 0 Å². The van der Waals surface area contributed by atoms with Crippen LogP contribution in [0.2, 0.25) is 0 Å². The van der Waals surface area contributed by atoms with Gasteiger partial charge in [0, 0.05) is 0 Å². The van der Waals surface area contributed by atoms with Gasteiger partial charge in [0.2, 0.25) is 0 Å². The highest BCUT2D eigenvalue weighted by Crippen LogP contribution is 2.17. The van der Waals surface area contributed by atoms with E-state index >= 15 is 0 Å². The van der Waals surface area contributed by atoms with E-state index in [1.165, 1.54) is 0 Å². The maximum absolute atomic E-state index is 11.5. The molecule has 0 fully saturated rings. The van der Waals surface area contributed by atoms with Gasteiger partial charge < -0.3 is 4.55 Å². The van der Waals surface area contributed by atoms with Crippen molar-refractivity contribution in [1.82, 2.24) is 0 Å². The SMILES string of the molecule is C=CCCC(C)C=N[S+]([O-])C(C)(C)C. The van der Waals surface area contributed by atoms with E-state index in [0.717, 1.165) is 12.8 Å². The predicted octanol–water partition coefficient (Wildman–Crippen LogP) is 3.12. The second-order valence-corrected chi connectivity index (χ2v) is 6.39. The first-order chi connectivity index (χ1) is 6.38. The van der Waals surface area contributed by atoms with Crippen molar-refractivity contribution in [1.29, 1.82) is 0 Å². The van der Waals surface area contributed by atoms with Gasteiger partial charge in [0.15, 0.2) is 0 Å². The van der Waals surface area contributed by atoms with Crippen molar-refractivity contribution in [3.05, 3.63) is 12.7 Å². The van der Waals surface area contributed by atoms with Crippen molar-refractivity contribution in [3.8, 4) is 0 Å². The summed E-state index contributed by atoms with van der Waals surface area (Å²) < 4.78 is 15.3. The average Bonchev–Trinajstić information content (AvgIpc) is 2.09. The number of allylic oxidation sites excluding steroid dienone is 1. The minimum Gasteiger partial charge on any atom is -0.591 e. The lowest BCUT2D eigenvalue weighted by atomic mass is 10.1. The molecule has 0 amide bonds. The van der Waals surface area contributed by atoms with Crippen LogP contribution in [0.4, 0.5) is 0 Å². The molecule has 2 atom stereocenters. The van der Waals surface area contributed by atoms with Crippen LogP contribution in [-0.2, 0) is 11.4 Å². The maximum atomic E-state index is 11.5. The Kier molecular flexibility index (Phi) is 6.12. The molecule has 0 rings (SSSR count). The number of hydrogen-bond acceptors (Lipinski definition) is 2. The topological polar surface area (TPSA) is 35.4 Å². The molecule has 2 unspecified atom stereocenters. The van der Waals surface area contributed by atoms with Crippen LogP contribution in [0.5, 0.6) is 0 Å². The van der Waals surface area contributed by atoms with Gasteiger partial charge in [0.05, 0.1) is 6.21 Å². The number of hydrogen-bond donors (Lipinski definition) is 0. The standard InChI is InChI=1S/C11H21NOS/c1-6-7-8-10(2)9-12-14(13)11(3,4)5/h6,9-10H,1,7-8H2,2-5H3. The summed E-state index contributed by atoms with van der Waals surface area (Å²) in [5.41, 5.74) is 0. The molecule has 82 valence electrons. The largest absolute Gasteiger partial charge is 0.591 e. The third-order valence-electron chi connectivity index (χ3n) is 1.76. The molecule has 0 aliphatic rings. The Morgan fingerprint density at radius 3 is 2.50 bits per heavy atom. The van der Waals surface area contributed by atoms with Crippen molar-refractivity contribution >= 4 is 17.6 Å². The Morgan fingerprint density at radius 1 is 1.50 bits per heavy atom. The first kappa shape index (κ1) is 13.7. The minimum absolute atomic E-state index is 0.255. The third-order valence-corrected chi connectivity index (χ3v) is 3.12. The number of rotatable bonds is 5. The molecular weight excluding hydrogens is 194 g/mol. The van der Waals surface area contributed by atoms with Crippen LogP contribution in [0.15, 0.2) is 17.1 Å². The van der Waals surface area contributed by atoms with E-state index in [4.69, 9.17) is 0 Å². The summed E-state index contributed by atoms with van der Waals surface area (Å²) in [7, 11) is 0. The molecule has 0 aliphatic carbocycles. The second kappa shape index (κ2) is 6.25. The smallest absolute Gasteiger partial charge is 0.144 e. The van der Waals surface area contributed by atoms with E-state index in [2.05, 4.69) is 17.9 Å². The molecule has 0 aromatic rings. The molecule has 0 heterocycles. The van der Waals surface area contributed by atoms with Gasteiger partial charge in [-0.05, 0) is 39.5 Å². The minimum atomic E-state index is -1.12. The highest BCUT2D eigenvalue weighted by atomic mass is 32.2. The summed E-state index contributed by atoms with van der Waals surface area (Å²) in [6, 6.07) is 0. The summed E-state index contributed by atoms with van der Waals surface area (Å²) in [6.45, 7) is 11.5. The lowest BCUT2D eigenvalue weighted by Crippen LogP contribution is -2.26. The average molecular weight is 215 g/mol. The number of nitrogens with zero attached hydrogens (tertiary/aromatic N) is 1. The van der Waals surface area contributed by atoms with Crippen molar-refractivity contribution in [2.45, 2.75) is 45.3 Å². The quantitative estimate of drug-likeness (QED) is 0.394. The molecule has 0 aromatic heterocycles. The molecule has 2 nitrogen and oxygen atoms in total. The van der Waals surface area contributed by atoms with Crippen molar-refractivity contribution < 1.29 is 4.55 Å². The zero-order valence-corrected chi connectivity index (χ0v) is 10.4. The fourth-order valence-corrected chi connectivity index (χ4v) is 1.41.